The lowest BCUT2D eigenvalue weighted by molar-refractivity contribution is -0.136. The molecule has 0 aliphatic carbocycles. The van der Waals surface area contributed by atoms with E-state index in [1.54, 1.807) is 36.5 Å². The van der Waals surface area contributed by atoms with Crippen LogP contribution in [0.25, 0.3) is 22.2 Å². The molecule has 0 bridgehead atoms. The largest absolute Gasteiger partial charge is 0.494 e. The van der Waals surface area contributed by atoms with Gasteiger partial charge in [-0.05, 0) is 73.4 Å². The number of aromatic amines is 1. The molecule has 2 aromatic heterocycles. The Labute approximate surface area is 364 Å². The van der Waals surface area contributed by atoms with E-state index < -0.39 is 81.3 Å². The number of imide groups is 2. The lowest BCUT2D eigenvalue weighted by Crippen LogP contribution is -2.54. The number of ketones is 1. The number of amides is 4. The molecule has 6 heterocycles. The Kier molecular flexibility index (Phi) is 11.4. The van der Waals surface area contributed by atoms with E-state index >= 15 is 8.78 Å². The zero-order chi connectivity index (χ0) is 44.9. The first-order valence-electron chi connectivity index (χ1n) is 20.7. The van der Waals surface area contributed by atoms with Crippen molar-refractivity contribution in [1.82, 2.24) is 29.4 Å². The van der Waals surface area contributed by atoms with Crippen molar-refractivity contribution in [2.75, 3.05) is 62.0 Å². The average molecular weight is 899 g/mol. The Morgan fingerprint density at radius 1 is 0.891 bits per heavy atom. The molecule has 5 aromatic rings. The van der Waals surface area contributed by atoms with Crippen LogP contribution in [-0.2, 0) is 19.8 Å². The van der Waals surface area contributed by atoms with E-state index in [1.165, 1.54) is 6.20 Å². The highest BCUT2D eigenvalue weighted by molar-refractivity contribution is 7.90. The lowest BCUT2D eigenvalue weighted by atomic mass is 10.00. The standard InChI is InChI=1S/C44H41F3N8O8S/c45-27-12-14-54(24-27)64(61,62)51-35-9-8-34(46)38(39(35)47)40(57)33-23-49-41-31(33)20-26(22-48-41)25-2-5-29(6-3-25)63-19-1-13-52-15-17-53(18-16-52)28-4-7-30-32(21-28)44(60)55(43(30)59)36-10-11-37(56)50-42(36)58/h2-9,20-23,27,36,51H,1,10-19,24H2,(H,48,49)(H,50,56,58)/t27-,36?/m1/s1. The summed E-state index contributed by atoms with van der Waals surface area (Å²) >= 11 is 0. The minimum atomic E-state index is -4.37. The van der Waals surface area contributed by atoms with Crippen LogP contribution in [0.2, 0.25) is 0 Å². The molecule has 3 N–H and O–H groups in total. The number of rotatable bonds is 13. The smallest absolute Gasteiger partial charge is 0.301 e. The van der Waals surface area contributed by atoms with Gasteiger partial charge in [-0.25, -0.2) is 18.2 Å². The maximum atomic E-state index is 15.7. The number of piperazine rings is 1. The molecule has 4 aliphatic rings. The van der Waals surface area contributed by atoms with Crippen molar-refractivity contribution in [2.45, 2.75) is 37.9 Å². The van der Waals surface area contributed by atoms with E-state index in [1.807, 2.05) is 22.9 Å². The summed E-state index contributed by atoms with van der Waals surface area (Å²) in [6.07, 6.45) is 2.41. The minimum Gasteiger partial charge on any atom is -0.494 e. The Morgan fingerprint density at radius 3 is 2.39 bits per heavy atom. The van der Waals surface area contributed by atoms with Gasteiger partial charge in [0.05, 0.1) is 29.0 Å². The molecule has 3 saturated heterocycles. The van der Waals surface area contributed by atoms with Crippen molar-refractivity contribution in [2.24, 2.45) is 0 Å². The summed E-state index contributed by atoms with van der Waals surface area (Å²) in [4.78, 5) is 76.7. The average Bonchev–Trinajstić information content (AvgIpc) is 3.99. The second kappa shape index (κ2) is 17.1. The summed E-state index contributed by atoms with van der Waals surface area (Å²) in [6, 6.07) is 14.7. The van der Waals surface area contributed by atoms with E-state index in [-0.39, 0.29) is 47.9 Å². The van der Waals surface area contributed by atoms with Gasteiger partial charge < -0.3 is 14.6 Å². The molecule has 0 spiro atoms. The number of benzene rings is 3. The van der Waals surface area contributed by atoms with Crippen molar-refractivity contribution < 1.29 is 50.3 Å². The third kappa shape index (κ3) is 8.19. The van der Waals surface area contributed by atoms with Gasteiger partial charge in [-0.2, -0.15) is 12.7 Å². The van der Waals surface area contributed by atoms with Crippen LogP contribution >= 0.6 is 0 Å². The molecule has 2 atom stereocenters. The van der Waals surface area contributed by atoms with Gasteiger partial charge in [-0.3, -0.25) is 43.8 Å². The molecule has 0 saturated carbocycles. The van der Waals surface area contributed by atoms with E-state index in [9.17, 15) is 36.8 Å². The SMILES string of the molecule is O=C1CCC(N2C(=O)c3ccc(N4CCN(CCCOc5ccc(-c6cnc7[nH]cc(C(=O)c8c(F)ccc(NS(=O)(=O)N9CC[C@@H](F)C9)c8F)c7c6)cc5)CC4)cc3C2=O)C(=O)N1. The third-order valence-electron chi connectivity index (χ3n) is 12.0. The van der Waals surface area contributed by atoms with Crippen molar-refractivity contribution in [3.8, 4) is 16.9 Å². The number of halogens is 3. The Hall–Kier alpha value is -6.64. The van der Waals surface area contributed by atoms with Crippen LogP contribution in [0.1, 0.15) is 62.3 Å². The first-order chi connectivity index (χ1) is 30.8. The number of nitrogens with zero attached hydrogens (tertiary/aromatic N) is 5. The van der Waals surface area contributed by atoms with Gasteiger partial charge in [-0.1, -0.05) is 12.1 Å². The number of fused-ring (bicyclic) bond motifs is 2. The summed E-state index contributed by atoms with van der Waals surface area (Å²) in [5, 5.41) is 2.50. The van der Waals surface area contributed by atoms with E-state index in [0.717, 1.165) is 58.6 Å². The van der Waals surface area contributed by atoms with Crippen LogP contribution in [-0.4, -0.2) is 127 Å². The van der Waals surface area contributed by atoms with Crippen LogP contribution in [0.4, 0.5) is 24.5 Å². The van der Waals surface area contributed by atoms with Gasteiger partial charge in [0.1, 0.15) is 29.4 Å². The first-order valence-corrected chi connectivity index (χ1v) is 22.2. The van der Waals surface area contributed by atoms with E-state index in [0.29, 0.717) is 36.7 Å². The van der Waals surface area contributed by atoms with Gasteiger partial charge in [0.2, 0.25) is 17.6 Å². The Balaban J connectivity index is 0.775. The Morgan fingerprint density at radius 2 is 1.66 bits per heavy atom. The molecule has 9 rings (SSSR count). The fourth-order valence-electron chi connectivity index (χ4n) is 8.54. The number of hydrogen-bond donors (Lipinski definition) is 3. The van der Waals surface area contributed by atoms with E-state index in [2.05, 4.69) is 25.1 Å². The minimum absolute atomic E-state index is 0.00896. The molecule has 4 amide bonds. The summed E-state index contributed by atoms with van der Waals surface area (Å²) in [7, 11) is -4.37. The number of carbonyl (C=O) groups is 5. The molecule has 64 heavy (non-hydrogen) atoms. The maximum Gasteiger partial charge on any atom is 0.301 e. The summed E-state index contributed by atoms with van der Waals surface area (Å²) < 4.78 is 78.8. The number of anilines is 2. The zero-order valence-electron chi connectivity index (χ0n) is 34.1. The monoisotopic (exact) mass is 898 g/mol. The molecule has 4 aliphatic heterocycles. The highest BCUT2D eigenvalue weighted by atomic mass is 32.2. The Bertz CT molecular complexity index is 2830. The normalized spacial score (nSPS) is 19.7. The number of nitrogens with one attached hydrogen (secondary N) is 3. The molecule has 3 fully saturated rings. The number of aromatic nitrogens is 2. The van der Waals surface area contributed by atoms with Crippen molar-refractivity contribution in [3.63, 3.8) is 0 Å². The molecule has 1 unspecified atom stereocenters. The number of hydrogen-bond acceptors (Lipinski definition) is 11. The quantitative estimate of drug-likeness (QED) is 0.0860. The highest BCUT2D eigenvalue weighted by Crippen LogP contribution is 2.33. The maximum absolute atomic E-state index is 15.7. The van der Waals surface area contributed by atoms with Crippen LogP contribution in [0.3, 0.4) is 0 Å². The van der Waals surface area contributed by atoms with Crippen LogP contribution in [0.15, 0.2) is 73.1 Å². The van der Waals surface area contributed by atoms with Crippen LogP contribution in [0.5, 0.6) is 5.75 Å². The van der Waals surface area contributed by atoms with Gasteiger partial charge >= 0.3 is 10.2 Å². The van der Waals surface area contributed by atoms with Gasteiger partial charge in [0.25, 0.3) is 11.8 Å². The van der Waals surface area contributed by atoms with Gasteiger partial charge in [-0.15, -0.1) is 0 Å². The summed E-state index contributed by atoms with van der Waals surface area (Å²) in [5.41, 5.74) is 1.24. The lowest BCUT2D eigenvalue weighted by Gasteiger charge is -2.36. The van der Waals surface area contributed by atoms with Crippen LogP contribution in [0, 0.1) is 11.6 Å². The molecule has 16 nitrogen and oxygen atoms in total. The second-order valence-electron chi connectivity index (χ2n) is 16.0. The molecule has 3 aromatic carbocycles. The number of H-pyrrole nitrogens is 1. The molecule has 0 radical (unpaired) electrons. The van der Waals surface area contributed by atoms with Crippen molar-refractivity contribution >= 4 is 62.0 Å². The van der Waals surface area contributed by atoms with Gasteiger partial charge in [0.15, 0.2) is 5.82 Å². The number of ether oxygens (including phenoxy) is 1. The van der Waals surface area contributed by atoms with Gasteiger partial charge in [0, 0.05) is 86.8 Å². The van der Waals surface area contributed by atoms with Crippen molar-refractivity contribution in [3.05, 3.63) is 107 Å². The number of carbonyl (C=O) groups excluding carboxylic acids is 5. The molecule has 20 heteroatoms. The van der Waals surface area contributed by atoms with E-state index in [4.69, 9.17) is 4.74 Å². The summed E-state index contributed by atoms with van der Waals surface area (Å²) in [6.45, 7) is 3.69. The molecule has 332 valence electrons. The van der Waals surface area contributed by atoms with Crippen molar-refractivity contribution in [1.29, 1.82) is 0 Å². The topological polar surface area (TPSA) is 194 Å². The summed E-state index contributed by atoms with van der Waals surface area (Å²) in [5.74, 6) is -5.14. The number of pyridine rings is 1. The second-order valence-corrected chi connectivity index (χ2v) is 17.7. The zero-order valence-corrected chi connectivity index (χ0v) is 34.9. The predicted octanol–water partition coefficient (Wildman–Crippen LogP) is 4.43. The molecular weight excluding hydrogens is 858 g/mol. The first kappa shape index (κ1) is 42.7. The number of alkyl halides is 1. The fourth-order valence-corrected chi connectivity index (χ4v) is 9.81. The van der Waals surface area contributed by atoms with Crippen LogP contribution < -0.4 is 19.7 Å². The number of piperidine rings is 1. The predicted molar refractivity (Wildman–Crippen MR) is 227 cm³/mol. The molecular formula is C44H41F3N8O8S. The fraction of sp³-hybridized carbons (Fsp3) is 0.318. The third-order valence-corrected chi connectivity index (χ3v) is 13.5. The highest BCUT2D eigenvalue weighted by Gasteiger charge is 2.45.